The van der Waals surface area contributed by atoms with Crippen molar-refractivity contribution in [1.29, 1.82) is 0 Å². The molecule has 0 atom stereocenters. The molecule has 0 saturated carbocycles. The predicted octanol–water partition coefficient (Wildman–Crippen LogP) is 6.31. The van der Waals surface area contributed by atoms with Crippen molar-refractivity contribution >= 4 is 43.5 Å². The summed E-state index contributed by atoms with van der Waals surface area (Å²) in [5, 5.41) is 2.88. The Morgan fingerprint density at radius 2 is 1.88 bits per heavy atom. The summed E-state index contributed by atoms with van der Waals surface area (Å²) in [5.41, 5.74) is 2.15. The molecule has 1 amide bonds. The first-order valence-electron chi connectivity index (χ1n) is 8.24. The number of anilines is 1. The highest BCUT2D eigenvalue weighted by molar-refractivity contribution is 9.10. The highest BCUT2D eigenvalue weighted by Crippen LogP contribution is 2.31. The van der Waals surface area contributed by atoms with Gasteiger partial charge < -0.3 is 10.1 Å². The zero-order chi connectivity index (χ0) is 18.4. The predicted molar refractivity (Wildman–Crippen MR) is 110 cm³/mol. The normalized spacial score (nSPS) is 11.2. The molecule has 2 aromatic rings. The topological polar surface area (TPSA) is 38.3 Å². The van der Waals surface area contributed by atoms with Crippen LogP contribution in [-0.4, -0.2) is 12.5 Å². The molecule has 134 valence electrons. The first kappa shape index (κ1) is 20.0. The fraction of sp³-hybridized carbons (Fsp3) is 0.350. The third-order valence-electron chi connectivity index (χ3n) is 3.71. The number of nitrogens with one attached hydrogen (secondary N) is 1. The summed E-state index contributed by atoms with van der Waals surface area (Å²) in [6, 6.07) is 13.7. The maximum Gasteiger partial charge on any atom is 0.224 e. The highest BCUT2D eigenvalue weighted by Gasteiger charge is 2.15. The number of rotatable bonds is 6. The molecule has 0 bridgehead atoms. The van der Waals surface area contributed by atoms with Crippen LogP contribution in [0.1, 0.15) is 39.2 Å². The second-order valence-electron chi connectivity index (χ2n) is 6.91. The number of ether oxygens (including phenoxy) is 1. The summed E-state index contributed by atoms with van der Waals surface area (Å²) in [7, 11) is 0. The van der Waals surface area contributed by atoms with Gasteiger partial charge in [-0.3, -0.25) is 4.79 Å². The summed E-state index contributed by atoms with van der Waals surface area (Å²) in [5.74, 6) is 0.796. The van der Waals surface area contributed by atoms with Crippen LogP contribution in [0.3, 0.4) is 0 Å². The van der Waals surface area contributed by atoms with Crippen LogP contribution in [0.15, 0.2) is 51.4 Å². The minimum atomic E-state index is -0.0103. The van der Waals surface area contributed by atoms with Crippen molar-refractivity contribution in [2.75, 3.05) is 11.9 Å². The molecule has 0 spiro atoms. The maximum absolute atomic E-state index is 12.0. The van der Waals surface area contributed by atoms with E-state index in [1.165, 1.54) is 5.56 Å². The quantitative estimate of drug-likeness (QED) is 0.504. The van der Waals surface area contributed by atoms with Gasteiger partial charge in [0.25, 0.3) is 0 Å². The minimum absolute atomic E-state index is 0.0103. The molecule has 0 saturated heterocycles. The van der Waals surface area contributed by atoms with Gasteiger partial charge in [0, 0.05) is 16.6 Å². The van der Waals surface area contributed by atoms with E-state index in [9.17, 15) is 4.79 Å². The van der Waals surface area contributed by atoms with Gasteiger partial charge in [0.1, 0.15) is 5.75 Å². The summed E-state index contributed by atoms with van der Waals surface area (Å²) in [6.07, 6.45) is 1.08. The molecule has 0 aliphatic rings. The van der Waals surface area contributed by atoms with Crippen LogP contribution in [0.4, 0.5) is 5.69 Å². The van der Waals surface area contributed by atoms with E-state index < -0.39 is 0 Å². The largest absolute Gasteiger partial charge is 0.492 e. The first-order valence-corrected chi connectivity index (χ1v) is 9.82. The molecular formula is C20H23Br2NO2. The third kappa shape index (κ3) is 6.48. The van der Waals surface area contributed by atoms with Gasteiger partial charge in [-0.05, 0) is 63.7 Å². The highest BCUT2D eigenvalue weighted by atomic mass is 79.9. The smallest absolute Gasteiger partial charge is 0.224 e. The fourth-order valence-corrected chi connectivity index (χ4v) is 3.18. The molecule has 0 aliphatic carbocycles. The van der Waals surface area contributed by atoms with Crippen molar-refractivity contribution in [1.82, 2.24) is 0 Å². The molecule has 0 unspecified atom stereocenters. The van der Waals surface area contributed by atoms with Crippen molar-refractivity contribution in [3.8, 4) is 5.75 Å². The van der Waals surface area contributed by atoms with Gasteiger partial charge in [-0.15, -0.1) is 0 Å². The Bertz CT molecular complexity index is 739. The summed E-state index contributed by atoms with van der Waals surface area (Å²) in [4.78, 5) is 12.0. The van der Waals surface area contributed by atoms with Crippen LogP contribution >= 0.6 is 31.9 Å². The Hall–Kier alpha value is -1.33. The number of halogens is 2. The molecule has 1 N–H and O–H groups in total. The van der Waals surface area contributed by atoms with Crippen LogP contribution in [0.2, 0.25) is 0 Å². The summed E-state index contributed by atoms with van der Waals surface area (Å²) < 4.78 is 7.67. The van der Waals surface area contributed by atoms with Crippen LogP contribution in [0.5, 0.6) is 5.75 Å². The van der Waals surface area contributed by atoms with Gasteiger partial charge >= 0.3 is 0 Å². The number of amides is 1. The minimum Gasteiger partial charge on any atom is -0.492 e. The van der Waals surface area contributed by atoms with E-state index in [1.54, 1.807) is 0 Å². The molecular weight excluding hydrogens is 446 g/mol. The van der Waals surface area contributed by atoms with Crippen molar-refractivity contribution in [2.45, 2.75) is 39.0 Å². The Morgan fingerprint density at radius 1 is 1.12 bits per heavy atom. The van der Waals surface area contributed by atoms with Crippen molar-refractivity contribution in [3.63, 3.8) is 0 Å². The number of hydrogen-bond acceptors (Lipinski definition) is 2. The summed E-state index contributed by atoms with van der Waals surface area (Å²) >= 11 is 6.95. The molecule has 2 aromatic carbocycles. The Morgan fingerprint density at radius 3 is 2.52 bits per heavy atom. The lowest BCUT2D eigenvalue weighted by Crippen LogP contribution is -2.13. The lowest BCUT2D eigenvalue weighted by molar-refractivity contribution is -0.116. The fourth-order valence-electron chi connectivity index (χ4n) is 2.29. The van der Waals surface area contributed by atoms with Crippen LogP contribution in [-0.2, 0) is 10.2 Å². The molecule has 2 rings (SSSR count). The SMILES string of the molecule is CC(C)(C)c1ccc(OCCCC(=O)Nc2cccc(Br)c2)c(Br)c1. The number of carbonyl (C=O) groups is 1. The van der Waals surface area contributed by atoms with E-state index >= 15 is 0 Å². The number of benzene rings is 2. The van der Waals surface area contributed by atoms with E-state index in [0.717, 1.165) is 20.4 Å². The molecule has 0 fully saturated rings. The first-order chi connectivity index (χ1) is 11.8. The molecule has 0 aromatic heterocycles. The zero-order valence-corrected chi connectivity index (χ0v) is 17.9. The van der Waals surface area contributed by atoms with Crippen LogP contribution in [0, 0.1) is 0 Å². The van der Waals surface area contributed by atoms with Crippen LogP contribution < -0.4 is 10.1 Å². The average Bonchev–Trinajstić information content (AvgIpc) is 2.51. The van der Waals surface area contributed by atoms with Gasteiger partial charge in [0.15, 0.2) is 0 Å². The lowest BCUT2D eigenvalue weighted by atomic mass is 9.87. The number of hydrogen-bond donors (Lipinski definition) is 1. The second-order valence-corrected chi connectivity index (χ2v) is 8.68. The lowest BCUT2D eigenvalue weighted by Gasteiger charge is -2.20. The standard InChI is InChI=1S/C20H23Br2NO2/c1-20(2,3)14-9-10-18(17(22)12-14)25-11-5-8-19(24)23-16-7-4-6-15(21)13-16/h4,6-7,9-10,12-13H,5,8,11H2,1-3H3,(H,23,24). The van der Waals surface area contributed by atoms with E-state index in [-0.39, 0.29) is 11.3 Å². The van der Waals surface area contributed by atoms with E-state index in [2.05, 4.69) is 70.1 Å². The molecule has 25 heavy (non-hydrogen) atoms. The van der Waals surface area contributed by atoms with Gasteiger partial charge in [-0.25, -0.2) is 0 Å². The van der Waals surface area contributed by atoms with Gasteiger partial charge in [0.2, 0.25) is 5.91 Å². The van der Waals surface area contributed by atoms with E-state index in [1.807, 2.05) is 30.3 Å². The molecule has 5 heteroatoms. The molecule has 0 heterocycles. The third-order valence-corrected chi connectivity index (χ3v) is 4.82. The van der Waals surface area contributed by atoms with Gasteiger partial charge in [-0.1, -0.05) is 48.8 Å². The van der Waals surface area contributed by atoms with E-state index in [4.69, 9.17) is 4.74 Å². The van der Waals surface area contributed by atoms with Gasteiger partial charge in [-0.2, -0.15) is 0 Å². The van der Waals surface area contributed by atoms with Gasteiger partial charge in [0.05, 0.1) is 11.1 Å². The van der Waals surface area contributed by atoms with E-state index in [0.29, 0.717) is 19.4 Å². The van der Waals surface area contributed by atoms with Crippen molar-refractivity contribution < 1.29 is 9.53 Å². The number of carbonyl (C=O) groups excluding carboxylic acids is 1. The second kappa shape index (κ2) is 8.86. The average molecular weight is 469 g/mol. The molecule has 0 aliphatic heterocycles. The molecule has 0 radical (unpaired) electrons. The van der Waals surface area contributed by atoms with Crippen molar-refractivity contribution in [2.24, 2.45) is 0 Å². The van der Waals surface area contributed by atoms with Crippen LogP contribution in [0.25, 0.3) is 0 Å². The van der Waals surface area contributed by atoms with Crippen molar-refractivity contribution in [3.05, 3.63) is 57.0 Å². The summed E-state index contributed by atoms with van der Waals surface area (Å²) in [6.45, 7) is 7.04. The Labute approximate surface area is 166 Å². The Balaban J connectivity index is 1.78. The maximum atomic E-state index is 12.0. The zero-order valence-electron chi connectivity index (χ0n) is 14.7. The molecule has 3 nitrogen and oxygen atoms in total. The monoisotopic (exact) mass is 467 g/mol. The Kier molecular flexibility index (Phi) is 7.08.